The molecule has 1 heterocycles. The lowest BCUT2D eigenvalue weighted by Crippen LogP contribution is -2.25. The molecule has 0 saturated carbocycles. The van der Waals surface area contributed by atoms with Gasteiger partial charge in [-0.15, -0.1) is 8.42 Å². The maximum atomic E-state index is 11.2. The number of hydrogen-bond donors (Lipinski definition) is 3. The van der Waals surface area contributed by atoms with Gasteiger partial charge in [0.05, 0.1) is 13.7 Å². The summed E-state index contributed by atoms with van der Waals surface area (Å²) in [4.78, 5) is 0. The lowest BCUT2D eigenvalue weighted by atomic mass is 10.2. The van der Waals surface area contributed by atoms with Gasteiger partial charge in [-0.1, -0.05) is 0 Å². The van der Waals surface area contributed by atoms with E-state index in [0.717, 1.165) is 0 Å². The average molecular weight is 276 g/mol. The summed E-state index contributed by atoms with van der Waals surface area (Å²) in [6.45, 7) is 0.181. The van der Waals surface area contributed by atoms with Gasteiger partial charge < -0.3 is 23.6 Å². The van der Waals surface area contributed by atoms with E-state index in [1.807, 2.05) is 0 Å². The number of hydrazine groups is 1. The van der Waals surface area contributed by atoms with Crippen molar-refractivity contribution in [1.82, 2.24) is 5.43 Å². The summed E-state index contributed by atoms with van der Waals surface area (Å²) in [5.74, 6) is 0.462. The molecule has 0 bridgehead atoms. The van der Waals surface area contributed by atoms with Crippen LogP contribution in [0.2, 0.25) is 0 Å². The summed E-state index contributed by atoms with van der Waals surface area (Å²) < 4.78 is 36.8. The predicted octanol–water partition coefficient (Wildman–Crippen LogP) is -0.380. The molecule has 100 valence electrons. The van der Waals surface area contributed by atoms with E-state index in [1.54, 1.807) is 0 Å². The molecule has 0 atom stereocenters. The number of anilines is 1. The molecule has 1 aliphatic rings. The number of aliphatic hydroxyl groups is 1. The summed E-state index contributed by atoms with van der Waals surface area (Å²) in [5, 5.41) is 8.66. The number of benzene rings is 1. The van der Waals surface area contributed by atoms with Gasteiger partial charge in [0.2, 0.25) is 5.75 Å². The molecule has 2 rings (SSSR count). The minimum Gasteiger partial charge on any atom is -0.494 e. The molecular formula is C9H12N2O6S. The van der Waals surface area contributed by atoms with Crippen LogP contribution >= 0.6 is 0 Å². The fourth-order valence-electron chi connectivity index (χ4n) is 1.42. The van der Waals surface area contributed by atoms with Crippen LogP contribution in [0.5, 0.6) is 17.2 Å². The first kappa shape index (κ1) is 12.7. The van der Waals surface area contributed by atoms with Gasteiger partial charge in [-0.2, -0.15) is 0 Å². The Bertz CT molecular complexity index is 544. The highest BCUT2D eigenvalue weighted by Gasteiger charge is 2.32. The smallest absolute Gasteiger partial charge is 0.494 e. The Kier molecular flexibility index (Phi) is 3.45. The zero-order valence-corrected chi connectivity index (χ0v) is 10.3. The SMILES string of the molecule is COc1ccc2c(c1NNCCO)OS(=O)(=O)O2. The van der Waals surface area contributed by atoms with E-state index >= 15 is 0 Å². The van der Waals surface area contributed by atoms with Crippen LogP contribution < -0.4 is 24.0 Å². The maximum absolute atomic E-state index is 11.2. The summed E-state index contributed by atoms with van der Waals surface area (Å²) in [6.07, 6.45) is 0. The summed E-state index contributed by atoms with van der Waals surface area (Å²) in [7, 11) is -2.62. The largest absolute Gasteiger partial charge is 0.501 e. The molecule has 1 aromatic rings. The van der Waals surface area contributed by atoms with Crippen LogP contribution in [-0.2, 0) is 10.4 Å². The molecule has 0 aromatic heterocycles. The molecule has 1 aromatic carbocycles. The standard InChI is InChI=1S/C9H12N2O6S/c1-15-6-2-3-7-9(17-18(13,14)16-7)8(6)11-10-4-5-12/h2-3,10-12H,4-5H2,1H3. The van der Waals surface area contributed by atoms with Gasteiger partial charge in [0.25, 0.3) is 0 Å². The van der Waals surface area contributed by atoms with Crippen molar-refractivity contribution >= 4 is 16.1 Å². The first-order chi connectivity index (χ1) is 8.57. The number of aliphatic hydroxyl groups excluding tert-OH is 1. The number of ether oxygens (including phenoxy) is 1. The van der Waals surface area contributed by atoms with E-state index in [0.29, 0.717) is 5.75 Å². The second-order valence-corrected chi connectivity index (χ2v) is 4.47. The number of nitrogens with one attached hydrogen (secondary N) is 2. The van der Waals surface area contributed by atoms with Crippen LogP contribution in [0.15, 0.2) is 12.1 Å². The van der Waals surface area contributed by atoms with E-state index < -0.39 is 10.4 Å². The Morgan fingerprint density at radius 2 is 2.17 bits per heavy atom. The minimum atomic E-state index is -4.06. The number of methoxy groups -OCH3 is 1. The van der Waals surface area contributed by atoms with E-state index in [9.17, 15) is 8.42 Å². The molecule has 0 radical (unpaired) electrons. The Morgan fingerprint density at radius 1 is 1.39 bits per heavy atom. The van der Waals surface area contributed by atoms with E-state index in [-0.39, 0.29) is 30.3 Å². The average Bonchev–Trinajstić information content (AvgIpc) is 2.64. The Balaban J connectivity index is 2.34. The number of rotatable bonds is 5. The van der Waals surface area contributed by atoms with Crippen molar-refractivity contribution in [3.8, 4) is 17.2 Å². The monoisotopic (exact) mass is 276 g/mol. The zero-order valence-electron chi connectivity index (χ0n) is 9.47. The van der Waals surface area contributed by atoms with Crippen molar-refractivity contribution in [1.29, 1.82) is 0 Å². The highest BCUT2D eigenvalue weighted by Crippen LogP contribution is 2.46. The van der Waals surface area contributed by atoms with E-state index in [1.165, 1.54) is 19.2 Å². The summed E-state index contributed by atoms with van der Waals surface area (Å²) in [6, 6.07) is 2.96. The number of fused-ring (bicyclic) bond motifs is 1. The molecule has 0 spiro atoms. The quantitative estimate of drug-likeness (QED) is 0.493. The Morgan fingerprint density at radius 3 is 2.83 bits per heavy atom. The molecule has 0 unspecified atom stereocenters. The molecule has 0 fully saturated rings. The molecule has 8 nitrogen and oxygen atoms in total. The molecule has 0 amide bonds. The van der Waals surface area contributed by atoms with Crippen LogP contribution in [0.1, 0.15) is 0 Å². The lowest BCUT2D eigenvalue weighted by Gasteiger charge is -2.12. The fourth-order valence-corrected chi connectivity index (χ4v) is 2.17. The molecule has 1 aliphatic heterocycles. The second kappa shape index (κ2) is 4.88. The normalized spacial score (nSPS) is 15.4. The third kappa shape index (κ3) is 2.42. The van der Waals surface area contributed by atoms with Crippen molar-refractivity contribution in [2.75, 3.05) is 25.7 Å². The Hall–Kier alpha value is -1.71. The molecular weight excluding hydrogens is 264 g/mol. The van der Waals surface area contributed by atoms with E-state index in [2.05, 4.69) is 15.0 Å². The van der Waals surface area contributed by atoms with Crippen molar-refractivity contribution < 1.29 is 26.6 Å². The van der Waals surface area contributed by atoms with Crippen molar-refractivity contribution in [2.24, 2.45) is 0 Å². The highest BCUT2D eigenvalue weighted by atomic mass is 32.3. The third-order valence-corrected chi connectivity index (χ3v) is 2.89. The molecule has 0 saturated heterocycles. The van der Waals surface area contributed by atoms with Gasteiger partial charge in [-0.25, -0.2) is 5.43 Å². The third-order valence-electron chi connectivity index (χ3n) is 2.13. The maximum Gasteiger partial charge on any atom is 0.501 e. The predicted molar refractivity (Wildman–Crippen MR) is 61.9 cm³/mol. The molecule has 3 N–H and O–H groups in total. The lowest BCUT2D eigenvalue weighted by molar-refractivity contribution is 0.296. The Labute approximate surface area is 104 Å². The van der Waals surface area contributed by atoms with Crippen LogP contribution in [0, 0.1) is 0 Å². The van der Waals surface area contributed by atoms with Crippen molar-refractivity contribution in [3.63, 3.8) is 0 Å². The first-order valence-corrected chi connectivity index (χ1v) is 6.35. The van der Waals surface area contributed by atoms with Gasteiger partial charge >= 0.3 is 10.4 Å². The van der Waals surface area contributed by atoms with Crippen molar-refractivity contribution in [3.05, 3.63) is 12.1 Å². The zero-order chi connectivity index (χ0) is 13.2. The second-order valence-electron chi connectivity index (χ2n) is 3.32. The van der Waals surface area contributed by atoms with Crippen LogP contribution in [0.3, 0.4) is 0 Å². The van der Waals surface area contributed by atoms with E-state index in [4.69, 9.17) is 14.0 Å². The van der Waals surface area contributed by atoms with Gasteiger partial charge in [-0.05, 0) is 12.1 Å². The van der Waals surface area contributed by atoms with Gasteiger partial charge in [-0.3, -0.25) is 0 Å². The van der Waals surface area contributed by atoms with Crippen LogP contribution in [-0.4, -0.2) is 33.8 Å². The summed E-state index contributed by atoms with van der Waals surface area (Å²) in [5.41, 5.74) is 5.65. The minimum absolute atomic E-state index is 0.0137. The van der Waals surface area contributed by atoms with Crippen molar-refractivity contribution in [2.45, 2.75) is 0 Å². The highest BCUT2D eigenvalue weighted by molar-refractivity contribution is 7.82. The first-order valence-electron chi connectivity index (χ1n) is 5.02. The van der Waals surface area contributed by atoms with Gasteiger partial charge in [0, 0.05) is 6.54 Å². The molecule has 18 heavy (non-hydrogen) atoms. The van der Waals surface area contributed by atoms with Crippen LogP contribution in [0.4, 0.5) is 5.69 Å². The molecule has 0 aliphatic carbocycles. The number of hydrogen-bond acceptors (Lipinski definition) is 8. The summed E-state index contributed by atoms with van der Waals surface area (Å²) >= 11 is 0. The fraction of sp³-hybridized carbons (Fsp3) is 0.333. The van der Waals surface area contributed by atoms with Crippen LogP contribution in [0.25, 0.3) is 0 Å². The van der Waals surface area contributed by atoms with Gasteiger partial charge in [0.15, 0.2) is 5.75 Å². The van der Waals surface area contributed by atoms with Gasteiger partial charge in [0.1, 0.15) is 11.4 Å². The topological polar surface area (TPSA) is 106 Å². The molecule has 9 heteroatoms.